The number of hydrogen-bond acceptors (Lipinski definition) is 2. The summed E-state index contributed by atoms with van der Waals surface area (Å²) in [6.07, 6.45) is 5.69. The van der Waals surface area contributed by atoms with Gasteiger partial charge in [0.25, 0.3) is 0 Å². The molecule has 1 aromatic rings. The quantitative estimate of drug-likeness (QED) is 0.861. The first-order valence-electron chi connectivity index (χ1n) is 7.92. The van der Waals surface area contributed by atoms with Crippen LogP contribution in [0.4, 0.5) is 0 Å². The van der Waals surface area contributed by atoms with Crippen LogP contribution in [0.2, 0.25) is 0 Å². The maximum Gasteiger partial charge on any atom is 0.0955 e. The third kappa shape index (κ3) is 4.60. The van der Waals surface area contributed by atoms with Crippen LogP contribution in [0.25, 0.3) is 0 Å². The Balaban J connectivity index is 2.08. The van der Waals surface area contributed by atoms with Crippen LogP contribution in [0.1, 0.15) is 63.7 Å². The van der Waals surface area contributed by atoms with Crippen LogP contribution in [-0.2, 0) is 4.74 Å². The lowest BCUT2D eigenvalue weighted by molar-refractivity contribution is -0.0117. The highest BCUT2D eigenvalue weighted by molar-refractivity contribution is 5.28. The van der Waals surface area contributed by atoms with E-state index in [0.717, 1.165) is 6.54 Å². The molecule has 1 aromatic carbocycles. The van der Waals surface area contributed by atoms with Crippen LogP contribution >= 0.6 is 0 Å². The monoisotopic (exact) mass is 275 g/mol. The average Bonchev–Trinajstić information content (AvgIpc) is 2.87. The number of aryl methyl sites for hydroxylation is 1. The van der Waals surface area contributed by atoms with Gasteiger partial charge in [0, 0.05) is 12.1 Å². The molecular formula is C18H29NO. The van der Waals surface area contributed by atoms with Crippen molar-refractivity contribution in [1.29, 1.82) is 0 Å². The van der Waals surface area contributed by atoms with Crippen molar-refractivity contribution in [3.05, 3.63) is 35.4 Å². The Bertz CT molecular complexity index is 416. The Morgan fingerprint density at radius 1 is 1.20 bits per heavy atom. The molecule has 1 aliphatic rings. The van der Waals surface area contributed by atoms with E-state index in [9.17, 15) is 0 Å². The first kappa shape index (κ1) is 15.5. The van der Waals surface area contributed by atoms with Crippen molar-refractivity contribution in [2.45, 2.75) is 71.1 Å². The SMILES string of the molecule is Cc1ccccc1C(CNC(C)(C)C)OC1CCCC1. The molecule has 0 saturated heterocycles. The summed E-state index contributed by atoms with van der Waals surface area (Å²) in [6, 6.07) is 8.60. The lowest BCUT2D eigenvalue weighted by Gasteiger charge is -2.28. The minimum atomic E-state index is 0.125. The molecule has 1 saturated carbocycles. The molecule has 1 aliphatic carbocycles. The summed E-state index contributed by atoms with van der Waals surface area (Å²) in [5, 5.41) is 3.60. The van der Waals surface area contributed by atoms with Gasteiger partial charge in [0.15, 0.2) is 0 Å². The second kappa shape index (κ2) is 6.73. The Kier molecular flexibility index (Phi) is 5.22. The van der Waals surface area contributed by atoms with E-state index >= 15 is 0 Å². The van der Waals surface area contributed by atoms with Crippen molar-refractivity contribution >= 4 is 0 Å². The van der Waals surface area contributed by atoms with Gasteiger partial charge in [-0.05, 0) is 51.7 Å². The summed E-state index contributed by atoms with van der Waals surface area (Å²) < 4.78 is 6.41. The summed E-state index contributed by atoms with van der Waals surface area (Å²) in [4.78, 5) is 0. The fraction of sp³-hybridized carbons (Fsp3) is 0.667. The number of hydrogen-bond donors (Lipinski definition) is 1. The van der Waals surface area contributed by atoms with Crippen molar-refractivity contribution in [2.75, 3.05) is 6.54 Å². The van der Waals surface area contributed by atoms with Gasteiger partial charge in [-0.1, -0.05) is 37.1 Å². The van der Waals surface area contributed by atoms with Gasteiger partial charge in [-0.3, -0.25) is 0 Å². The van der Waals surface area contributed by atoms with Crippen LogP contribution < -0.4 is 5.32 Å². The highest BCUT2D eigenvalue weighted by atomic mass is 16.5. The maximum atomic E-state index is 6.41. The van der Waals surface area contributed by atoms with E-state index in [-0.39, 0.29) is 11.6 Å². The molecule has 2 rings (SSSR count). The maximum absolute atomic E-state index is 6.41. The lowest BCUT2D eigenvalue weighted by Crippen LogP contribution is -2.39. The zero-order valence-corrected chi connectivity index (χ0v) is 13.4. The molecule has 0 heterocycles. The Labute approximate surface area is 123 Å². The molecule has 112 valence electrons. The van der Waals surface area contributed by atoms with Gasteiger partial charge in [0.1, 0.15) is 0 Å². The van der Waals surface area contributed by atoms with Crippen molar-refractivity contribution < 1.29 is 4.74 Å². The summed E-state index contributed by atoms with van der Waals surface area (Å²) in [5.41, 5.74) is 2.78. The number of nitrogens with one attached hydrogen (secondary N) is 1. The Morgan fingerprint density at radius 2 is 1.85 bits per heavy atom. The molecule has 1 N–H and O–H groups in total. The van der Waals surface area contributed by atoms with E-state index in [1.54, 1.807) is 0 Å². The Morgan fingerprint density at radius 3 is 2.45 bits per heavy atom. The highest BCUT2D eigenvalue weighted by Crippen LogP contribution is 2.29. The van der Waals surface area contributed by atoms with Gasteiger partial charge in [-0.2, -0.15) is 0 Å². The fourth-order valence-corrected chi connectivity index (χ4v) is 2.84. The minimum absolute atomic E-state index is 0.125. The van der Waals surface area contributed by atoms with Crippen LogP contribution in [-0.4, -0.2) is 18.2 Å². The molecule has 2 heteroatoms. The predicted octanol–water partition coefficient (Wildman–Crippen LogP) is 4.38. The van der Waals surface area contributed by atoms with Crippen LogP contribution in [0.5, 0.6) is 0 Å². The first-order valence-corrected chi connectivity index (χ1v) is 7.92. The summed E-state index contributed by atoms with van der Waals surface area (Å²) in [5.74, 6) is 0. The van der Waals surface area contributed by atoms with E-state index in [4.69, 9.17) is 4.74 Å². The predicted molar refractivity (Wildman–Crippen MR) is 85.0 cm³/mol. The van der Waals surface area contributed by atoms with Gasteiger partial charge in [-0.15, -0.1) is 0 Å². The van der Waals surface area contributed by atoms with Crippen LogP contribution in [0.3, 0.4) is 0 Å². The topological polar surface area (TPSA) is 21.3 Å². The molecule has 2 nitrogen and oxygen atoms in total. The molecule has 0 radical (unpaired) electrons. The third-order valence-corrected chi connectivity index (χ3v) is 4.01. The minimum Gasteiger partial charge on any atom is -0.369 e. The molecule has 0 aromatic heterocycles. The fourth-order valence-electron chi connectivity index (χ4n) is 2.84. The van der Waals surface area contributed by atoms with E-state index in [1.807, 2.05) is 0 Å². The molecule has 0 bridgehead atoms. The van der Waals surface area contributed by atoms with E-state index in [1.165, 1.54) is 36.8 Å². The van der Waals surface area contributed by atoms with Crippen molar-refractivity contribution in [3.8, 4) is 0 Å². The standard InChI is InChI=1S/C18H29NO/c1-14-9-5-8-12-16(14)17(13-19-18(2,3)4)20-15-10-6-7-11-15/h5,8-9,12,15,17,19H,6-7,10-11,13H2,1-4H3. The molecule has 0 aliphatic heterocycles. The van der Waals surface area contributed by atoms with Crippen molar-refractivity contribution in [2.24, 2.45) is 0 Å². The molecule has 20 heavy (non-hydrogen) atoms. The largest absolute Gasteiger partial charge is 0.369 e. The van der Waals surface area contributed by atoms with Gasteiger partial charge in [0.05, 0.1) is 12.2 Å². The number of rotatable bonds is 5. The lowest BCUT2D eigenvalue weighted by atomic mass is 10.0. The second-order valence-electron chi connectivity index (χ2n) is 7.02. The summed E-state index contributed by atoms with van der Waals surface area (Å²) in [6.45, 7) is 9.68. The van der Waals surface area contributed by atoms with Crippen molar-refractivity contribution in [1.82, 2.24) is 5.32 Å². The summed E-state index contributed by atoms with van der Waals surface area (Å²) >= 11 is 0. The van der Waals surface area contributed by atoms with E-state index in [2.05, 4.69) is 57.3 Å². The van der Waals surface area contributed by atoms with E-state index in [0.29, 0.717) is 6.10 Å². The molecule has 1 atom stereocenters. The smallest absolute Gasteiger partial charge is 0.0955 e. The molecule has 0 spiro atoms. The van der Waals surface area contributed by atoms with Crippen LogP contribution in [0.15, 0.2) is 24.3 Å². The highest BCUT2D eigenvalue weighted by Gasteiger charge is 2.23. The molecule has 1 fully saturated rings. The molecule has 1 unspecified atom stereocenters. The third-order valence-electron chi connectivity index (χ3n) is 4.01. The average molecular weight is 275 g/mol. The first-order chi connectivity index (χ1) is 9.46. The van der Waals surface area contributed by atoms with Gasteiger partial charge >= 0.3 is 0 Å². The second-order valence-corrected chi connectivity index (χ2v) is 7.02. The normalized spacial score (nSPS) is 18.4. The summed E-state index contributed by atoms with van der Waals surface area (Å²) in [7, 11) is 0. The molecule has 0 amide bonds. The van der Waals surface area contributed by atoms with Gasteiger partial charge < -0.3 is 10.1 Å². The van der Waals surface area contributed by atoms with Gasteiger partial charge in [-0.25, -0.2) is 0 Å². The van der Waals surface area contributed by atoms with Crippen molar-refractivity contribution in [3.63, 3.8) is 0 Å². The zero-order chi connectivity index (χ0) is 14.6. The molecular weight excluding hydrogens is 246 g/mol. The number of benzene rings is 1. The van der Waals surface area contributed by atoms with E-state index < -0.39 is 0 Å². The Hall–Kier alpha value is -0.860. The number of ether oxygens (including phenoxy) is 1. The van der Waals surface area contributed by atoms with Gasteiger partial charge in [0.2, 0.25) is 0 Å². The van der Waals surface area contributed by atoms with Crippen LogP contribution in [0, 0.1) is 6.92 Å². The zero-order valence-electron chi connectivity index (χ0n) is 13.4.